The minimum absolute atomic E-state index is 0.0288. The maximum atomic E-state index is 12.9. The number of carbonyl (C=O) groups excluding carboxylic acids is 1. The van der Waals surface area contributed by atoms with Crippen LogP contribution in [0.2, 0.25) is 0 Å². The molecule has 0 fully saturated rings. The maximum absolute atomic E-state index is 12.9. The van der Waals surface area contributed by atoms with Crippen molar-refractivity contribution in [3.8, 4) is 0 Å². The van der Waals surface area contributed by atoms with Gasteiger partial charge in [-0.1, -0.05) is 24.3 Å². The second-order valence-corrected chi connectivity index (χ2v) is 6.30. The van der Waals surface area contributed by atoms with Crippen LogP contribution < -0.4 is 0 Å². The fraction of sp³-hybridized carbons (Fsp3) is 0.300. The molecule has 0 aliphatic heterocycles. The number of likely N-dealkylation sites (N-methyl/N-ethyl adjacent to an activating group) is 1. The lowest BCUT2D eigenvalue weighted by atomic mass is 10.1. The highest BCUT2D eigenvalue weighted by Gasteiger charge is 2.24. The average Bonchev–Trinajstić information content (AvgIpc) is 2.93. The highest BCUT2D eigenvalue weighted by atomic mass is 16.3. The Balaban J connectivity index is 1.85. The molecule has 0 N–H and O–H groups in total. The zero-order chi connectivity index (χ0) is 17.3. The van der Waals surface area contributed by atoms with Gasteiger partial charge in [0, 0.05) is 42.4 Å². The van der Waals surface area contributed by atoms with Gasteiger partial charge < -0.3 is 9.32 Å². The summed E-state index contributed by atoms with van der Waals surface area (Å²) in [5.74, 6) is 0.334. The van der Waals surface area contributed by atoms with Crippen LogP contribution in [0.15, 0.2) is 47.0 Å². The maximum Gasteiger partial charge on any atom is 0.289 e. The van der Waals surface area contributed by atoms with Gasteiger partial charge in [-0.3, -0.25) is 9.78 Å². The predicted molar refractivity (Wildman–Crippen MR) is 95.2 cm³/mol. The lowest BCUT2D eigenvalue weighted by Gasteiger charge is -2.24. The number of aryl methyl sites for hydroxylation is 2. The van der Waals surface area contributed by atoms with Gasteiger partial charge in [0.1, 0.15) is 5.58 Å². The molecule has 0 spiro atoms. The van der Waals surface area contributed by atoms with Gasteiger partial charge in [-0.2, -0.15) is 0 Å². The fourth-order valence-electron chi connectivity index (χ4n) is 2.91. The van der Waals surface area contributed by atoms with E-state index < -0.39 is 0 Å². The Labute approximate surface area is 142 Å². The molecule has 1 atom stereocenters. The van der Waals surface area contributed by atoms with Gasteiger partial charge in [0.15, 0.2) is 5.76 Å². The van der Waals surface area contributed by atoms with Crippen LogP contribution in [0.5, 0.6) is 0 Å². The van der Waals surface area contributed by atoms with E-state index >= 15 is 0 Å². The van der Waals surface area contributed by atoms with Crippen molar-refractivity contribution < 1.29 is 9.21 Å². The van der Waals surface area contributed by atoms with Crippen LogP contribution in [0.3, 0.4) is 0 Å². The summed E-state index contributed by atoms with van der Waals surface area (Å²) in [6, 6.07) is 11.8. The van der Waals surface area contributed by atoms with E-state index in [1.807, 2.05) is 64.2 Å². The number of rotatable bonds is 4. The molecular formula is C20H22N2O2. The minimum Gasteiger partial charge on any atom is -0.450 e. The number of nitrogens with zero attached hydrogens (tertiary/aromatic N) is 2. The number of amides is 1. The van der Waals surface area contributed by atoms with Gasteiger partial charge in [0.25, 0.3) is 5.91 Å². The van der Waals surface area contributed by atoms with Crippen molar-refractivity contribution in [1.82, 2.24) is 9.88 Å². The summed E-state index contributed by atoms with van der Waals surface area (Å²) in [5, 5.41) is 1.00. The van der Waals surface area contributed by atoms with Crippen molar-refractivity contribution in [3.05, 3.63) is 65.2 Å². The highest BCUT2D eigenvalue weighted by Crippen LogP contribution is 2.28. The molecule has 0 aliphatic rings. The molecule has 0 bridgehead atoms. The first-order valence-electron chi connectivity index (χ1n) is 8.15. The molecular weight excluding hydrogens is 300 g/mol. The summed E-state index contributed by atoms with van der Waals surface area (Å²) in [7, 11) is 1.81. The quantitative estimate of drug-likeness (QED) is 0.725. The van der Waals surface area contributed by atoms with E-state index in [9.17, 15) is 4.79 Å². The lowest BCUT2D eigenvalue weighted by Crippen LogP contribution is -2.36. The summed E-state index contributed by atoms with van der Waals surface area (Å²) in [6.07, 6.45) is 2.48. The molecule has 24 heavy (non-hydrogen) atoms. The third kappa shape index (κ3) is 2.92. The summed E-state index contributed by atoms with van der Waals surface area (Å²) in [4.78, 5) is 19.0. The van der Waals surface area contributed by atoms with Crippen molar-refractivity contribution in [2.75, 3.05) is 7.05 Å². The number of pyridine rings is 1. The molecule has 0 saturated heterocycles. The van der Waals surface area contributed by atoms with E-state index in [4.69, 9.17) is 4.42 Å². The first-order valence-corrected chi connectivity index (χ1v) is 8.15. The number of hydrogen-bond donors (Lipinski definition) is 0. The van der Waals surface area contributed by atoms with Crippen molar-refractivity contribution in [1.29, 1.82) is 0 Å². The number of aromatic nitrogens is 1. The van der Waals surface area contributed by atoms with E-state index in [-0.39, 0.29) is 11.9 Å². The van der Waals surface area contributed by atoms with Crippen molar-refractivity contribution in [2.24, 2.45) is 0 Å². The van der Waals surface area contributed by atoms with Gasteiger partial charge in [-0.05, 0) is 38.5 Å². The number of furan rings is 1. The topological polar surface area (TPSA) is 46.3 Å². The second-order valence-electron chi connectivity index (χ2n) is 6.30. The number of carbonyl (C=O) groups is 1. The van der Waals surface area contributed by atoms with Crippen LogP contribution in [-0.2, 0) is 6.42 Å². The SMILES string of the molecule is Cc1c(C(=O)N(C)[C@@H](C)Cc2ccccn2)oc2c(C)cccc12. The molecule has 3 rings (SSSR count). The fourth-order valence-corrected chi connectivity index (χ4v) is 2.91. The van der Waals surface area contributed by atoms with Crippen LogP contribution in [0.1, 0.15) is 34.3 Å². The number of hydrogen-bond acceptors (Lipinski definition) is 3. The van der Waals surface area contributed by atoms with Crippen LogP contribution >= 0.6 is 0 Å². The monoisotopic (exact) mass is 322 g/mol. The van der Waals surface area contributed by atoms with Gasteiger partial charge in [0.2, 0.25) is 0 Å². The minimum atomic E-state index is -0.0912. The summed E-state index contributed by atoms with van der Waals surface area (Å²) >= 11 is 0. The molecule has 124 valence electrons. The standard InChI is InChI=1S/C20H22N2O2/c1-13-8-7-10-17-15(3)19(24-18(13)17)20(23)22(4)14(2)12-16-9-5-6-11-21-16/h5-11,14H,12H2,1-4H3/t14-/m0/s1. The van der Waals surface area contributed by atoms with Gasteiger partial charge in [-0.15, -0.1) is 0 Å². The first kappa shape index (κ1) is 16.2. The summed E-state index contributed by atoms with van der Waals surface area (Å²) in [5.41, 5.74) is 3.71. The van der Waals surface area contributed by atoms with E-state index in [1.165, 1.54) is 0 Å². The van der Waals surface area contributed by atoms with E-state index in [0.717, 1.165) is 27.8 Å². The Morgan fingerprint density at radius 1 is 1.21 bits per heavy atom. The molecule has 1 aromatic carbocycles. The largest absolute Gasteiger partial charge is 0.450 e. The molecule has 2 heterocycles. The van der Waals surface area contributed by atoms with Crippen molar-refractivity contribution in [3.63, 3.8) is 0 Å². The molecule has 0 saturated carbocycles. The molecule has 3 aromatic rings. The Morgan fingerprint density at radius 3 is 2.67 bits per heavy atom. The Morgan fingerprint density at radius 2 is 2.00 bits per heavy atom. The summed E-state index contributed by atoms with van der Waals surface area (Å²) < 4.78 is 5.91. The van der Waals surface area contributed by atoms with Crippen molar-refractivity contribution in [2.45, 2.75) is 33.2 Å². The van der Waals surface area contributed by atoms with E-state index in [2.05, 4.69) is 4.98 Å². The number of para-hydroxylation sites is 1. The molecule has 4 nitrogen and oxygen atoms in total. The number of benzene rings is 1. The third-order valence-electron chi connectivity index (χ3n) is 4.57. The molecule has 4 heteroatoms. The Hall–Kier alpha value is -2.62. The first-order chi connectivity index (χ1) is 11.5. The van der Waals surface area contributed by atoms with Gasteiger partial charge in [-0.25, -0.2) is 0 Å². The van der Waals surface area contributed by atoms with Gasteiger partial charge >= 0.3 is 0 Å². The van der Waals surface area contributed by atoms with Crippen LogP contribution in [0.4, 0.5) is 0 Å². The number of fused-ring (bicyclic) bond motifs is 1. The highest BCUT2D eigenvalue weighted by molar-refractivity contribution is 5.99. The van der Waals surface area contributed by atoms with Crippen LogP contribution in [0.25, 0.3) is 11.0 Å². The lowest BCUT2D eigenvalue weighted by molar-refractivity contribution is 0.0712. The zero-order valence-electron chi connectivity index (χ0n) is 14.5. The molecule has 0 unspecified atom stereocenters. The third-order valence-corrected chi connectivity index (χ3v) is 4.57. The smallest absolute Gasteiger partial charge is 0.289 e. The van der Waals surface area contributed by atoms with Gasteiger partial charge in [0.05, 0.1) is 0 Å². The molecule has 0 radical (unpaired) electrons. The molecule has 1 amide bonds. The van der Waals surface area contributed by atoms with Crippen LogP contribution in [-0.4, -0.2) is 28.9 Å². The Kier molecular flexibility index (Phi) is 4.38. The Bertz CT molecular complexity index is 868. The zero-order valence-corrected chi connectivity index (χ0v) is 14.5. The normalized spacial score (nSPS) is 12.3. The van der Waals surface area contributed by atoms with E-state index in [1.54, 1.807) is 11.1 Å². The van der Waals surface area contributed by atoms with Crippen molar-refractivity contribution >= 4 is 16.9 Å². The van der Waals surface area contributed by atoms with E-state index in [0.29, 0.717) is 12.2 Å². The molecule has 2 aromatic heterocycles. The molecule has 0 aliphatic carbocycles. The average molecular weight is 322 g/mol. The second kappa shape index (κ2) is 6.48. The summed E-state index contributed by atoms with van der Waals surface area (Å²) in [6.45, 7) is 5.96. The van der Waals surface area contributed by atoms with Crippen LogP contribution in [0, 0.1) is 13.8 Å². The predicted octanol–water partition coefficient (Wildman–Crippen LogP) is 4.15.